The number of carbonyl (C=O) groups is 5. The number of fused-ring (bicyclic) bond motifs is 1. The minimum absolute atomic E-state index is 0.0603. The molecule has 5 amide bonds. The van der Waals surface area contributed by atoms with Crippen LogP contribution < -0.4 is 16.0 Å². The third-order valence-electron chi connectivity index (χ3n) is 6.43. The zero-order valence-corrected chi connectivity index (χ0v) is 22.3. The van der Waals surface area contributed by atoms with E-state index < -0.39 is 55.1 Å². The first-order chi connectivity index (χ1) is 19.7. The molecule has 0 saturated carbocycles. The smallest absolute Gasteiger partial charge is 0.408 e. The number of hydrogen-bond donors (Lipinski definition) is 5. The molecule has 2 heterocycles. The molecule has 0 bridgehead atoms. The van der Waals surface area contributed by atoms with E-state index in [4.69, 9.17) is 4.74 Å². The number of amides is 5. The Hall–Kier alpha value is -5.14. The maximum Gasteiger partial charge on any atom is 0.408 e. The molecule has 216 valence electrons. The van der Waals surface area contributed by atoms with Crippen molar-refractivity contribution < 1.29 is 33.8 Å². The van der Waals surface area contributed by atoms with Crippen LogP contribution in [0.4, 0.5) is 15.5 Å². The molecule has 1 saturated heterocycles. The van der Waals surface area contributed by atoms with Crippen LogP contribution in [0, 0.1) is 0 Å². The van der Waals surface area contributed by atoms with Gasteiger partial charge in [0.05, 0.1) is 11.0 Å². The van der Waals surface area contributed by atoms with E-state index in [0.717, 1.165) is 15.9 Å². The van der Waals surface area contributed by atoms with Crippen molar-refractivity contribution in [3.63, 3.8) is 0 Å². The van der Waals surface area contributed by atoms with Crippen LogP contribution >= 0.6 is 0 Å². The topological polar surface area (TPSA) is 186 Å². The van der Waals surface area contributed by atoms with Gasteiger partial charge in [0.1, 0.15) is 25.2 Å². The number of anilines is 1. The van der Waals surface area contributed by atoms with Crippen LogP contribution in [0.5, 0.6) is 0 Å². The summed E-state index contributed by atoms with van der Waals surface area (Å²) in [6.45, 7) is 1.22. The number of ether oxygens (including phenoxy) is 1. The van der Waals surface area contributed by atoms with E-state index in [2.05, 4.69) is 25.9 Å². The fourth-order valence-corrected chi connectivity index (χ4v) is 4.22. The average Bonchev–Trinajstić information content (AvgIpc) is 3.47. The fourth-order valence-electron chi connectivity index (χ4n) is 4.22. The molecule has 0 radical (unpaired) electrons. The highest BCUT2D eigenvalue weighted by Gasteiger charge is 2.42. The number of imide groups is 1. The molecule has 1 aromatic heterocycles. The quantitative estimate of drug-likeness (QED) is 0.151. The van der Waals surface area contributed by atoms with Crippen molar-refractivity contribution in [2.45, 2.75) is 32.0 Å². The maximum absolute atomic E-state index is 12.9. The highest BCUT2D eigenvalue weighted by molar-refractivity contribution is 6.06. The number of urea groups is 1. The number of benzene rings is 2. The molecule has 41 heavy (non-hydrogen) atoms. The van der Waals surface area contributed by atoms with E-state index in [0.29, 0.717) is 24.5 Å². The number of H-pyrrole nitrogens is 1. The molecule has 0 unspecified atom stereocenters. The Bertz CT molecular complexity index is 1380. The van der Waals surface area contributed by atoms with Crippen LogP contribution in [-0.4, -0.2) is 93.0 Å². The monoisotopic (exact) mass is 565 g/mol. The SMILES string of the molecule is C[C@@H]1C(=O)N(CC(=O)NC[C@H](NC(=O)OCc2ccccc2)C(=O)O)C(=O)N1CCCNc1nc2ccccc2[nH]1. The number of nitrogens with one attached hydrogen (secondary N) is 4. The first kappa shape index (κ1) is 28.9. The number of aromatic amines is 1. The molecule has 2 atom stereocenters. The van der Waals surface area contributed by atoms with Crippen molar-refractivity contribution >= 4 is 46.9 Å². The Kier molecular flexibility index (Phi) is 9.35. The summed E-state index contributed by atoms with van der Waals surface area (Å²) in [7, 11) is 0. The number of aromatic nitrogens is 2. The molecule has 0 aliphatic carbocycles. The molecule has 1 aliphatic rings. The third-order valence-corrected chi connectivity index (χ3v) is 6.43. The van der Waals surface area contributed by atoms with Gasteiger partial charge in [0.15, 0.2) is 0 Å². The largest absolute Gasteiger partial charge is 0.480 e. The van der Waals surface area contributed by atoms with Gasteiger partial charge in [-0.1, -0.05) is 42.5 Å². The van der Waals surface area contributed by atoms with Crippen molar-refractivity contribution in [3.05, 3.63) is 60.2 Å². The summed E-state index contributed by atoms with van der Waals surface area (Å²) in [6.07, 6.45) is -0.452. The lowest BCUT2D eigenvalue weighted by Gasteiger charge is -2.19. The number of hydrogen-bond acceptors (Lipinski definition) is 8. The van der Waals surface area contributed by atoms with Gasteiger partial charge in [-0.15, -0.1) is 0 Å². The van der Waals surface area contributed by atoms with Gasteiger partial charge in [-0.25, -0.2) is 19.4 Å². The third kappa shape index (κ3) is 7.50. The van der Waals surface area contributed by atoms with Gasteiger partial charge in [-0.2, -0.15) is 0 Å². The second-order valence-electron chi connectivity index (χ2n) is 9.36. The molecule has 14 heteroatoms. The molecule has 4 rings (SSSR count). The summed E-state index contributed by atoms with van der Waals surface area (Å²) in [4.78, 5) is 71.4. The molecular weight excluding hydrogens is 534 g/mol. The van der Waals surface area contributed by atoms with Crippen molar-refractivity contribution in [2.75, 3.05) is 31.5 Å². The molecule has 5 N–H and O–H groups in total. The van der Waals surface area contributed by atoms with E-state index >= 15 is 0 Å². The average molecular weight is 566 g/mol. The number of nitrogens with zero attached hydrogens (tertiary/aromatic N) is 3. The summed E-state index contributed by atoms with van der Waals surface area (Å²) in [6, 6.07) is 13.6. The summed E-state index contributed by atoms with van der Waals surface area (Å²) >= 11 is 0. The molecule has 1 fully saturated rings. The number of carbonyl (C=O) groups excluding carboxylic acids is 4. The Labute approximate surface area is 235 Å². The molecule has 1 aliphatic heterocycles. The fraction of sp³-hybridized carbons (Fsp3) is 0.333. The molecule has 14 nitrogen and oxygen atoms in total. The number of rotatable bonds is 13. The summed E-state index contributed by atoms with van der Waals surface area (Å²) in [5.41, 5.74) is 2.44. The number of carboxylic acids is 1. The highest BCUT2D eigenvalue weighted by atomic mass is 16.5. The lowest BCUT2D eigenvalue weighted by Crippen LogP contribution is -2.50. The summed E-state index contributed by atoms with van der Waals surface area (Å²) in [5.74, 6) is -2.09. The standard InChI is InChI=1S/C27H31N7O7/c1-17-23(36)34(27(40)33(17)13-7-12-28-25-30-19-10-5-6-11-20(19)31-25)15-22(35)29-14-21(24(37)38)32-26(39)41-16-18-8-3-2-4-9-18/h2-6,8-11,17,21H,7,12-16H2,1H3,(H,29,35)(H,32,39)(H,37,38)(H2,28,30,31)/t17-,21+/m1/s1. The normalized spacial score (nSPS) is 15.6. The van der Waals surface area contributed by atoms with Gasteiger partial charge in [0, 0.05) is 19.6 Å². The first-order valence-electron chi connectivity index (χ1n) is 13.0. The zero-order valence-electron chi connectivity index (χ0n) is 22.3. The van der Waals surface area contributed by atoms with Crippen LogP contribution in [0.1, 0.15) is 18.9 Å². The maximum atomic E-state index is 12.9. The van der Waals surface area contributed by atoms with Crippen molar-refractivity contribution in [3.8, 4) is 0 Å². The van der Waals surface area contributed by atoms with Crippen molar-refractivity contribution in [1.82, 2.24) is 30.4 Å². The van der Waals surface area contributed by atoms with Gasteiger partial charge in [-0.3, -0.25) is 14.5 Å². The number of imidazole rings is 1. The molecular formula is C27H31N7O7. The van der Waals surface area contributed by atoms with Crippen molar-refractivity contribution in [1.29, 1.82) is 0 Å². The second-order valence-corrected chi connectivity index (χ2v) is 9.36. The second kappa shape index (κ2) is 13.3. The Morgan fingerprint density at radius 1 is 1.10 bits per heavy atom. The minimum atomic E-state index is -1.48. The van der Waals surface area contributed by atoms with Crippen LogP contribution in [0.3, 0.4) is 0 Å². The van der Waals surface area contributed by atoms with E-state index in [1.807, 2.05) is 24.3 Å². The van der Waals surface area contributed by atoms with Crippen LogP contribution in [0.25, 0.3) is 11.0 Å². The van der Waals surface area contributed by atoms with Crippen LogP contribution in [-0.2, 0) is 25.7 Å². The molecule has 0 spiro atoms. The van der Waals surface area contributed by atoms with Crippen molar-refractivity contribution in [2.24, 2.45) is 0 Å². The van der Waals surface area contributed by atoms with E-state index in [-0.39, 0.29) is 13.2 Å². The van der Waals surface area contributed by atoms with E-state index in [1.165, 1.54) is 4.90 Å². The Morgan fingerprint density at radius 3 is 2.56 bits per heavy atom. The predicted octanol–water partition coefficient (Wildman–Crippen LogP) is 1.51. The van der Waals surface area contributed by atoms with E-state index in [9.17, 15) is 29.1 Å². The van der Waals surface area contributed by atoms with Gasteiger partial charge >= 0.3 is 18.1 Å². The minimum Gasteiger partial charge on any atom is -0.480 e. The summed E-state index contributed by atoms with van der Waals surface area (Å²) < 4.78 is 5.02. The van der Waals surface area contributed by atoms with Crippen LogP contribution in [0.2, 0.25) is 0 Å². The van der Waals surface area contributed by atoms with Gasteiger partial charge in [0.25, 0.3) is 5.91 Å². The lowest BCUT2D eigenvalue weighted by atomic mass is 10.2. The zero-order chi connectivity index (χ0) is 29.4. The number of para-hydroxylation sites is 2. The van der Waals surface area contributed by atoms with E-state index in [1.54, 1.807) is 37.3 Å². The Balaban J connectivity index is 1.20. The molecule has 2 aromatic carbocycles. The number of alkyl carbamates (subject to hydrolysis) is 1. The Morgan fingerprint density at radius 2 is 1.83 bits per heavy atom. The highest BCUT2D eigenvalue weighted by Crippen LogP contribution is 2.18. The van der Waals surface area contributed by atoms with Gasteiger partial charge in [-0.05, 0) is 31.0 Å². The van der Waals surface area contributed by atoms with Crippen LogP contribution in [0.15, 0.2) is 54.6 Å². The number of aliphatic carboxylic acids is 1. The summed E-state index contributed by atoms with van der Waals surface area (Å²) in [5, 5.41) is 17.1. The van der Waals surface area contributed by atoms with Gasteiger partial charge < -0.3 is 35.7 Å². The molecule has 3 aromatic rings. The predicted molar refractivity (Wildman–Crippen MR) is 147 cm³/mol. The number of carboxylic acid groups (broad SMARTS) is 1. The lowest BCUT2D eigenvalue weighted by molar-refractivity contribution is -0.139. The van der Waals surface area contributed by atoms with Gasteiger partial charge in [0.2, 0.25) is 11.9 Å². The first-order valence-corrected chi connectivity index (χ1v) is 13.0.